The molecule has 230 valence electrons. The fraction of sp³-hybridized carbons (Fsp3) is 0.186. The van der Waals surface area contributed by atoms with Crippen LogP contribution < -0.4 is 15.2 Å². The lowest BCUT2D eigenvalue weighted by molar-refractivity contribution is 0.522. The zero-order valence-corrected chi connectivity index (χ0v) is 27.9. The predicted molar refractivity (Wildman–Crippen MR) is 200 cm³/mol. The average Bonchev–Trinajstić information content (AvgIpc) is 3.09. The number of benzene rings is 5. The van der Waals surface area contributed by atoms with Crippen LogP contribution in [0.4, 0.5) is 28.4 Å². The van der Waals surface area contributed by atoms with E-state index in [2.05, 4.69) is 159 Å². The molecule has 0 bridgehead atoms. The summed E-state index contributed by atoms with van der Waals surface area (Å²) >= 11 is 1.71. The van der Waals surface area contributed by atoms with Crippen LogP contribution in [0.2, 0.25) is 0 Å². The van der Waals surface area contributed by atoms with Crippen LogP contribution in [0, 0.1) is 0 Å². The van der Waals surface area contributed by atoms with E-state index in [-0.39, 0.29) is 22.3 Å². The van der Waals surface area contributed by atoms with Gasteiger partial charge in [-0.3, -0.25) is 4.79 Å². The second-order valence-corrected chi connectivity index (χ2v) is 15.2. The van der Waals surface area contributed by atoms with E-state index in [0.29, 0.717) is 0 Å². The molecule has 3 heterocycles. The maximum absolute atomic E-state index is 14.7. The molecule has 3 nitrogen and oxygen atoms in total. The molecule has 0 N–H and O–H groups in total. The molecule has 0 amide bonds. The Kier molecular flexibility index (Phi) is 6.04. The van der Waals surface area contributed by atoms with Crippen molar-refractivity contribution in [1.82, 2.24) is 0 Å². The van der Waals surface area contributed by atoms with Crippen LogP contribution in [0.1, 0.15) is 50.8 Å². The average molecular weight is 629 g/mol. The van der Waals surface area contributed by atoms with E-state index in [1.165, 1.54) is 39.3 Å². The summed E-state index contributed by atoms with van der Waals surface area (Å²) in [5.74, 6) is 0. The van der Waals surface area contributed by atoms with E-state index >= 15 is 0 Å². The molecule has 6 aromatic rings. The van der Waals surface area contributed by atoms with E-state index in [4.69, 9.17) is 0 Å². The van der Waals surface area contributed by atoms with Gasteiger partial charge in [-0.05, 0) is 77.2 Å². The van der Waals surface area contributed by atoms with Crippen molar-refractivity contribution < 1.29 is 0 Å². The van der Waals surface area contributed by atoms with Crippen LogP contribution in [0.15, 0.2) is 138 Å². The van der Waals surface area contributed by atoms with Gasteiger partial charge < -0.3 is 9.80 Å². The molecule has 1 aromatic heterocycles. The molecule has 0 saturated carbocycles. The SMILES string of the molecule is CC1(C)C2=CC=CCC2N(c2cccc3sc4cc(N5c6ccccc6C(C)(C)c6ccccc65)ccc4c(=O)c23)c2ccccc21. The molecule has 47 heavy (non-hydrogen) atoms. The van der Waals surface area contributed by atoms with Crippen LogP contribution in [0.25, 0.3) is 20.2 Å². The van der Waals surface area contributed by atoms with Gasteiger partial charge in [0.2, 0.25) is 0 Å². The minimum Gasteiger partial charge on any atom is -0.333 e. The molecule has 1 unspecified atom stereocenters. The van der Waals surface area contributed by atoms with Gasteiger partial charge >= 0.3 is 0 Å². The molecule has 0 radical (unpaired) electrons. The van der Waals surface area contributed by atoms with Crippen LogP contribution in [0.5, 0.6) is 0 Å². The third-order valence-electron chi connectivity index (χ3n) is 10.8. The van der Waals surface area contributed by atoms with E-state index in [1.807, 2.05) is 6.07 Å². The van der Waals surface area contributed by atoms with Crippen LogP contribution in [-0.4, -0.2) is 6.04 Å². The Labute approximate surface area is 279 Å². The van der Waals surface area contributed by atoms with Gasteiger partial charge in [-0.2, -0.15) is 0 Å². The minimum atomic E-state index is -0.122. The number of allylic oxidation sites excluding steroid dienone is 2. The first-order valence-corrected chi connectivity index (χ1v) is 17.3. The Morgan fingerprint density at radius 2 is 1.28 bits per heavy atom. The number of rotatable bonds is 2. The third kappa shape index (κ3) is 3.94. The van der Waals surface area contributed by atoms with Crippen LogP contribution >= 0.6 is 11.3 Å². The van der Waals surface area contributed by atoms with Gasteiger partial charge in [-0.1, -0.05) is 107 Å². The summed E-state index contributed by atoms with van der Waals surface area (Å²) in [5.41, 5.74) is 10.8. The first-order chi connectivity index (χ1) is 22.8. The van der Waals surface area contributed by atoms with Crippen molar-refractivity contribution in [3.8, 4) is 0 Å². The van der Waals surface area contributed by atoms with Gasteiger partial charge in [-0.15, -0.1) is 11.3 Å². The summed E-state index contributed by atoms with van der Waals surface area (Å²) in [5, 5.41) is 1.57. The highest BCUT2D eigenvalue weighted by atomic mass is 32.1. The monoisotopic (exact) mass is 628 g/mol. The summed E-state index contributed by atoms with van der Waals surface area (Å²) in [6, 6.07) is 39.1. The number of fused-ring (bicyclic) bond motifs is 6. The van der Waals surface area contributed by atoms with Gasteiger partial charge in [0.15, 0.2) is 5.43 Å². The van der Waals surface area contributed by atoms with E-state index in [1.54, 1.807) is 11.3 Å². The third-order valence-corrected chi connectivity index (χ3v) is 11.9. The topological polar surface area (TPSA) is 23.6 Å². The highest BCUT2D eigenvalue weighted by Gasteiger charge is 2.43. The molecule has 0 spiro atoms. The fourth-order valence-corrected chi connectivity index (χ4v) is 9.61. The minimum absolute atomic E-state index is 0.0932. The van der Waals surface area contributed by atoms with Crippen LogP contribution in [0.3, 0.4) is 0 Å². The Hall–Kier alpha value is -4.93. The second-order valence-electron chi connectivity index (χ2n) is 14.1. The molecule has 0 saturated heterocycles. The maximum atomic E-state index is 14.7. The van der Waals surface area contributed by atoms with Gasteiger partial charge in [0.25, 0.3) is 0 Å². The first-order valence-electron chi connectivity index (χ1n) is 16.5. The van der Waals surface area contributed by atoms with Gasteiger partial charge in [0, 0.05) is 37.0 Å². The van der Waals surface area contributed by atoms with Gasteiger partial charge in [0.05, 0.1) is 28.5 Å². The standard InChI is InChI=1S/C43H36N2OS/c1-42(2)29-14-5-9-18-33(29)44(34-19-10-6-15-30(34)42)27-24-25-28-39(26-27)47-38-23-13-22-37(40(38)41(28)46)45-35-20-11-7-16-31(35)43(3,4)32-17-8-12-21-36(32)45/h5-20,22-26,36H,21H2,1-4H3. The fourth-order valence-electron chi connectivity index (χ4n) is 8.48. The molecular formula is C43H36N2OS. The van der Waals surface area contributed by atoms with Crippen molar-refractivity contribution >= 4 is 59.9 Å². The molecule has 0 fully saturated rings. The van der Waals surface area contributed by atoms with E-state index in [9.17, 15) is 4.79 Å². The Morgan fingerprint density at radius 1 is 0.660 bits per heavy atom. The largest absolute Gasteiger partial charge is 0.333 e. The molecule has 9 rings (SSSR count). The molecule has 1 atom stereocenters. The molecule has 5 aromatic carbocycles. The zero-order valence-electron chi connectivity index (χ0n) is 27.1. The maximum Gasteiger partial charge on any atom is 0.197 e. The van der Waals surface area contributed by atoms with Crippen molar-refractivity contribution in [2.24, 2.45) is 0 Å². The lowest BCUT2D eigenvalue weighted by atomic mass is 9.68. The number of anilines is 5. The number of nitrogens with zero attached hydrogens (tertiary/aromatic N) is 2. The molecule has 1 aliphatic carbocycles. The van der Waals surface area contributed by atoms with E-state index < -0.39 is 0 Å². The van der Waals surface area contributed by atoms with Crippen LogP contribution in [-0.2, 0) is 10.8 Å². The Bertz CT molecular complexity index is 2340. The van der Waals surface area contributed by atoms with Crippen molar-refractivity contribution in [3.63, 3.8) is 0 Å². The normalized spacial score (nSPS) is 18.7. The summed E-state index contributed by atoms with van der Waals surface area (Å²) in [6.45, 7) is 9.27. The van der Waals surface area contributed by atoms with Gasteiger partial charge in [0.1, 0.15) is 0 Å². The van der Waals surface area contributed by atoms with Crippen molar-refractivity contribution in [2.75, 3.05) is 9.80 Å². The Morgan fingerprint density at radius 3 is 1.98 bits per heavy atom. The summed E-state index contributed by atoms with van der Waals surface area (Å²) in [6.07, 6.45) is 7.64. The lowest BCUT2D eigenvalue weighted by Crippen LogP contribution is -2.45. The quantitative estimate of drug-likeness (QED) is 0.178. The summed E-state index contributed by atoms with van der Waals surface area (Å²) in [7, 11) is 0. The zero-order chi connectivity index (χ0) is 32.1. The smallest absolute Gasteiger partial charge is 0.197 e. The molecule has 4 heteroatoms. The summed E-state index contributed by atoms with van der Waals surface area (Å²) in [4.78, 5) is 19.5. The first kappa shape index (κ1) is 28.3. The number of hydrogen-bond acceptors (Lipinski definition) is 4. The predicted octanol–water partition coefficient (Wildman–Crippen LogP) is 11.2. The van der Waals surface area contributed by atoms with Crippen molar-refractivity contribution in [1.29, 1.82) is 0 Å². The van der Waals surface area contributed by atoms with E-state index in [0.717, 1.165) is 38.0 Å². The van der Waals surface area contributed by atoms with Crippen molar-refractivity contribution in [3.05, 3.63) is 160 Å². The number of hydrogen-bond donors (Lipinski definition) is 0. The lowest BCUT2D eigenvalue weighted by Gasteiger charge is -2.49. The second kappa shape index (κ2) is 10.0. The van der Waals surface area contributed by atoms with Crippen molar-refractivity contribution in [2.45, 2.75) is 51.0 Å². The molecular weight excluding hydrogens is 593 g/mol. The Balaban J connectivity index is 1.25. The molecule has 2 aliphatic heterocycles. The summed E-state index contributed by atoms with van der Waals surface area (Å²) < 4.78 is 2.01. The highest BCUT2D eigenvalue weighted by Crippen LogP contribution is 2.53. The number of para-hydroxylation sites is 3. The highest BCUT2D eigenvalue weighted by molar-refractivity contribution is 7.24. The van der Waals surface area contributed by atoms with Gasteiger partial charge in [-0.25, -0.2) is 0 Å². The molecule has 3 aliphatic rings.